The molecule has 0 saturated carbocycles. The van der Waals surface area contributed by atoms with Crippen LogP contribution in [-0.2, 0) is 27.2 Å². The summed E-state index contributed by atoms with van der Waals surface area (Å²) in [5.74, 6) is -0.743. The van der Waals surface area contributed by atoms with Gasteiger partial charge in [0.15, 0.2) is 11.6 Å². The molecular weight excluding hydrogens is 350 g/mol. The summed E-state index contributed by atoms with van der Waals surface area (Å²) in [5, 5.41) is 4.78. The molecule has 1 atom stereocenters. The molecule has 0 bridgehead atoms. The molecule has 0 aliphatic rings. The molecule has 0 radical (unpaired) electrons. The molecular formula is C19H21N3O3S. The van der Waals surface area contributed by atoms with E-state index in [1.165, 1.54) is 16.9 Å². The Hall–Kier alpha value is -2.67. The van der Waals surface area contributed by atoms with Crippen LogP contribution in [-0.4, -0.2) is 33.9 Å². The first-order valence-corrected chi connectivity index (χ1v) is 9.38. The number of nitrogens with zero attached hydrogens (tertiary/aromatic N) is 2. The summed E-state index contributed by atoms with van der Waals surface area (Å²) in [4.78, 5) is 28.9. The van der Waals surface area contributed by atoms with E-state index in [-0.39, 0.29) is 25.0 Å². The molecule has 1 N–H and O–H groups in total. The van der Waals surface area contributed by atoms with Crippen LogP contribution in [0.3, 0.4) is 0 Å². The van der Waals surface area contributed by atoms with Crippen LogP contribution in [0.4, 0.5) is 0 Å². The second-order valence-electron chi connectivity index (χ2n) is 6.16. The maximum Gasteiger partial charge on any atom is 0.312 e. The second kappa shape index (κ2) is 8.62. The number of aromatic nitrogens is 2. The Morgan fingerprint density at radius 2 is 2.12 bits per heavy atom. The average Bonchev–Trinajstić information content (AvgIpc) is 3.20. The van der Waals surface area contributed by atoms with Gasteiger partial charge in [0, 0.05) is 23.8 Å². The Morgan fingerprint density at radius 1 is 1.31 bits per heavy atom. The van der Waals surface area contributed by atoms with Crippen molar-refractivity contribution in [1.29, 1.82) is 0 Å². The number of nitrogens with one attached hydrogen (secondary N) is 1. The first-order valence-electron chi connectivity index (χ1n) is 8.50. The maximum absolute atomic E-state index is 11.9. The van der Waals surface area contributed by atoms with E-state index in [1.54, 1.807) is 6.20 Å². The normalized spacial score (nSPS) is 12.0. The zero-order valence-electron chi connectivity index (χ0n) is 14.6. The molecule has 136 valence electrons. The fraction of sp³-hybridized carbons (Fsp3) is 0.316. The van der Waals surface area contributed by atoms with Gasteiger partial charge in [-0.05, 0) is 25.3 Å². The summed E-state index contributed by atoms with van der Waals surface area (Å²) in [6, 6.07) is 10.1. The van der Waals surface area contributed by atoms with Gasteiger partial charge in [0.05, 0.1) is 12.1 Å². The van der Waals surface area contributed by atoms with Crippen LogP contribution < -0.4 is 5.32 Å². The van der Waals surface area contributed by atoms with Gasteiger partial charge in [-0.15, -0.1) is 11.3 Å². The number of imidazole rings is 1. The minimum atomic E-state index is -0.456. The van der Waals surface area contributed by atoms with Gasteiger partial charge in [-0.3, -0.25) is 14.0 Å². The first-order chi connectivity index (χ1) is 12.6. The Bertz CT molecular complexity index is 844. The topological polar surface area (TPSA) is 72.7 Å². The Morgan fingerprint density at radius 3 is 2.88 bits per heavy atom. The smallest absolute Gasteiger partial charge is 0.312 e. The van der Waals surface area contributed by atoms with Crippen LogP contribution in [0.15, 0.2) is 48.1 Å². The summed E-state index contributed by atoms with van der Waals surface area (Å²) in [7, 11) is 0. The van der Waals surface area contributed by atoms with Crippen molar-refractivity contribution < 1.29 is 14.3 Å². The molecule has 7 heteroatoms. The fourth-order valence-corrected chi connectivity index (χ4v) is 3.34. The number of fused-ring (bicyclic) bond motifs is 1. The van der Waals surface area contributed by atoms with Gasteiger partial charge in [0.1, 0.15) is 0 Å². The lowest BCUT2D eigenvalue weighted by atomic mass is 10.1. The molecule has 2 aromatic heterocycles. The number of amides is 1. The predicted octanol–water partition coefficient (Wildman–Crippen LogP) is 2.62. The van der Waals surface area contributed by atoms with Crippen molar-refractivity contribution in [2.24, 2.45) is 0 Å². The van der Waals surface area contributed by atoms with E-state index in [9.17, 15) is 9.59 Å². The van der Waals surface area contributed by atoms with E-state index >= 15 is 0 Å². The molecule has 0 unspecified atom stereocenters. The highest BCUT2D eigenvalue weighted by molar-refractivity contribution is 7.15. The van der Waals surface area contributed by atoms with Crippen LogP contribution in [0, 0.1) is 0 Å². The van der Waals surface area contributed by atoms with Crippen molar-refractivity contribution in [3.63, 3.8) is 0 Å². The molecule has 0 aliphatic heterocycles. The molecule has 0 aliphatic carbocycles. The number of hydrogen-bond acceptors (Lipinski definition) is 5. The molecule has 0 fully saturated rings. The number of hydrogen-bond donors (Lipinski definition) is 1. The summed E-state index contributed by atoms with van der Waals surface area (Å²) < 4.78 is 6.90. The number of rotatable bonds is 8. The third-order valence-electron chi connectivity index (χ3n) is 3.95. The SMILES string of the molecule is C[C@H](CCc1ccccc1)NC(=O)COC(=O)Cc1cn2ccsc2n1. The number of esters is 1. The fourth-order valence-electron chi connectivity index (χ4n) is 2.62. The highest BCUT2D eigenvalue weighted by Crippen LogP contribution is 2.12. The van der Waals surface area contributed by atoms with Gasteiger partial charge in [-0.1, -0.05) is 30.3 Å². The molecule has 1 aromatic carbocycles. The summed E-state index contributed by atoms with van der Waals surface area (Å²) in [6.45, 7) is 1.68. The standard InChI is InChI=1S/C19H21N3O3S/c1-14(7-8-15-5-3-2-4-6-15)20-17(23)13-25-18(24)11-16-12-22-9-10-26-19(22)21-16/h2-6,9-10,12,14H,7-8,11,13H2,1H3,(H,20,23)/t14-/m1/s1. The van der Waals surface area contributed by atoms with Gasteiger partial charge in [-0.25, -0.2) is 4.98 Å². The predicted molar refractivity (Wildman–Crippen MR) is 100 cm³/mol. The van der Waals surface area contributed by atoms with Crippen molar-refractivity contribution in [2.75, 3.05) is 6.61 Å². The van der Waals surface area contributed by atoms with Gasteiger partial charge >= 0.3 is 5.97 Å². The highest BCUT2D eigenvalue weighted by Gasteiger charge is 2.13. The van der Waals surface area contributed by atoms with Crippen molar-refractivity contribution >= 4 is 28.2 Å². The molecule has 0 saturated heterocycles. The summed E-state index contributed by atoms with van der Waals surface area (Å²) in [5.41, 5.74) is 1.87. The molecule has 0 spiro atoms. The van der Waals surface area contributed by atoms with Crippen LogP contribution in [0.5, 0.6) is 0 Å². The largest absolute Gasteiger partial charge is 0.455 e. The molecule has 3 rings (SSSR count). The molecule has 2 heterocycles. The van der Waals surface area contributed by atoms with Crippen LogP contribution >= 0.6 is 11.3 Å². The average molecular weight is 371 g/mol. The lowest BCUT2D eigenvalue weighted by Gasteiger charge is -2.14. The van der Waals surface area contributed by atoms with Gasteiger partial charge in [0.2, 0.25) is 0 Å². The van der Waals surface area contributed by atoms with Crippen molar-refractivity contribution in [2.45, 2.75) is 32.2 Å². The maximum atomic E-state index is 11.9. The minimum absolute atomic E-state index is 0.0151. The van der Waals surface area contributed by atoms with Gasteiger partial charge < -0.3 is 10.1 Å². The quantitative estimate of drug-likeness (QED) is 0.618. The van der Waals surface area contributed by atoms with E-state index < -0.39 is 5.97 Å². The van der Waals surface area contributed by atoms with Crippen molar-refractivity contribution in [3.05, 3.63) is 59.4 Å². The monoisotopic (exact) mass is 371 g/mol. The Balaban J connectivity index is 1.36. The second-order valence-corrected chi connectivity index (χ2v) is 7.03. The molecule has 3 aromatic rings. The Labute approximate surface area is 155 Å². The van der Waals surface area contributed by atoms with Crippen LogP contribution in [0.1, 0.15) is 24.6 Å². The van der Waals surface area contributed by atoms with Crippen LogP contribution in [0.2, 0.25) is 0 Å². The number of benzene rings is 1. The summed E-state index contributed by atoms with van der Waals surface area (Å²) >= 11 is 1.50. The van der Waals surface area contributed by atoms with E-state index in [4.69, 9.17) is 4.74 Å². The van der Waals surface area contributed by atoms with Crippen molar-refractivity contribution in [3.8, 4) is 0 Å². The Kier molecular flexibility index (Phi) is 6.01. The third kappa shape index (κ3) is 5.16. The highest BCUT2D eigenvalue weighted by atomic mass is 32.1. The van der Waals surface area contributed by atoms with Gasteiger partial charge in [0.25, 0.3) is 5.91 Å². The number of carbonyl (C=O) groups is 2. The lowest BCUT2D eigenvalue weighted by Crippen LogP contribution is -2.36. The number of ether oxygens (including phenoxy) is 1. The van der Waals surface area contributed by atoms with Gasteiger partial charge in [-0.2, -0.15) is 0 Å². The van der Waals surface area contributed by atoms with E-state index in [2.05, 4.69) is 22.4 Å². The number of thiazole rings is 1. The molecule has 26 heavy (non-hydrogen) atoms. The number of aryl methyl sites for hydroxylation is 1. The van der Waals surface area contributed by atoms with E-state index in [0.717, 1.165) is 17.8 Å². The van der Waals surface area contributed by atoms with Crippen LogP contribution in [0.25, 0.3) is 4.96 Å². The summed E-state index contributed by atoms with van der Waals surface area (Å²) in [6.07, 6.45) is 5.45. The molecule has 6 nitrogen and oxygen atoms in total. The zero-order valence-corrected chi connectivity index (χ0v) is 15.4. The molecule has 1 amide bonds. The first kappa shape index (κ1) is 18.1. The lowest BCUT2D eigenvalue weighted by molar-refractivity contribution is -0.148. The third-order valence-corrected chi connectivity index (χ3v) is 4.72. The number of carbonyl (C=O) groups excluding carboxylic acids is 2. The minimum Gasteiger partial charge on any atom is -0.455 e. The van der Waals surface area contributed by atoms with E-state index in [0.29, 0.717) is 5.69 Å². The van der Waals surface area contributed by atoms with E-state index in [1.807, 2.05) is 41.1 Å². The van der Waals surface area contributed by atoms with Crippen molar-refractivity contribution in [1.82, 2.24) is 14.7 Å². The zero-order chi connectivity index (χ0) is 18.4.